The third-order valence-corrected chi connectivity index (χ3v) is 3.57. The van der Waals surface area contributed by atoms with E-state index in [1.165, 1.54) is 0 Å². The lowest BCUT2D eigenvalue weighted by atomic mass is 10.1. The van der Waals surface area contributed by atoms with E-state index < -0.39 is 11.9 Å². The van der Waals surface area contributed by atoms with Gasteiger partial charge in [0.15, 0.2) is 0 Å². The standard InChI is InChI=1S/C16H21NO5/c1-11(16(19)20)9-17-15(18)12-4-6-13(7-5-12)22-10-14-3-2-8-21-14/h4-7,11,14H,2-3,8-10H2,1H3,(H,17,18)(H,19,20)/t11-,14+/m0/s1. The second-order valence-electron chi connectivity index (χ2n) is 5.42. The Morgan fingerprint density at radius 3 is 2.73 bits per heavy atom. The molecule has 22 heavy (non-hydrogen) atoms. The first-order valence-corrected chi connectivity index (χ1v) is 7.41. The molecule has 0 aliphatic carbocycles. The van der Waals surface area contributed by atoms with Gasteiger partial charge in [-0.2, -0.15) is 0 Å². The number of ether oxygens (including phenoxy) is 2. The van der Waals surface area contributed by atoms with Crippen molar-refractivity contribution < 1.29 is 24.2 Å². The summed E-state index contributed by atoms with van der Waals surface area (Å²) in [7, 11) is 0. The van der Waals surface area contributed by atoms with Gasteiger partial charge >= 0.3 is 5.97 Å². The van der Waals surface area contributed by atoms with E-state index in [2.05, 4.69) is 5.32 Å². The van der Waals surface area contributed by atoms with Crippen LogP contribution in [-0.2, 0) is 9.53 Å². The number of aliphatic carboxylic acids is 1. The lowest BCUT2D eigenvalue weighted by Crippen LogP contribution is -2.31. The van der Waals surface area contributed by atoms with Crippen molar-refractivity contribution in [3.8, 4) is 5.75 Å². The van der Waals surface area contributed by atoms with Crippen molar-refractivity contribution in [2.45, 2.75) is 25.9 Å². The highest BCUT2D eigenvalue weighted by atomic mass is 16.5. The Morgan fingerprint density at radius 1 is 1.41 bits per heavy atom. The molecule has 1 saturated heterocycles. The molecule has 0 unspecified atom stereocenters. The molecule has 1 aromatic carbocycles. The molecule has 120 valence electrons. The summed E-state index contributed by atoms with van der Waals surface area (Å²) < 4.78 is 11.1. The molecular formula is C16H21NO5. The molecule has 1 aliphatic rings. The highest BCUT2D eigenvalue weighted by Crippen LogP contribution is 2.16. The van der Waals surface area contributed by atoms with Crippen molar-refractivity contribution in [1.82, 2.24) is 5.32 Å². The summed E-state index contributed by atoms with van der Waals surface area (Å²) in [5.41, 5.74) is 0.474. The fourth-order valence-corrected chi connectivity index (χ4v) is 2.10. The maximum absolute atomic E-state index is 11.9. The third kappa shape index (κ3) is 4.73. The lowest BCUT2D eigenvalue weighted by molar-refractivity contribution is -0.140. The van der Waals surface area contributed by atoms with Crippen molar-refractivity contribution in [1.29, 1.82) is 0 Å². The van der Waals surface area contributed by atoms with E-state index in [0.717, 1.165) is 19.4 Å². The summed E-state index contributed by atoms with van der Waals surface area (Å²) in [5.74, 6) is -1.15. The molecule has 2 atom stereocenters. The van der Waals surface area contributed by atoms with Gasteiger partial charge in [0.05, 0.1) is 12.0 Å². The Morgan fingerprint density at radius 2 is 2.14 bits per heavy atom. The quantitative estimate of drug-likeness (QED) is 0.801. The van der Waals surface area contributed by atoms with Crippen LogP contribution in [0.5, 0.6) is 5.75 Å². The molecule has 6 nitrogen and oxygen atoms in total. The molecule has 6 heteroatoms. The van der Waals surface area contributed by atoms with Crippen molar-refractivity contribution >= 4 is 11.9 Å². The van der Waals surface area contributed by atoms with Crippen molar-refractivity contribution in [2.24, 2.45) is 5.92 Å². The molecule has 0 radical (unpaired) electrons. The molecule has 2 rings (SSSR count). The first kappa shape index (κ1) is 16.3. The van der Waals surface area contributed by atoms with Crippen molar-refractivity contribution in [3.05, 3.63) is 29.8 Å². The predicted octanol–water partition coefficient (Wildman–Crippen LogP) is 1.69. The van der Waals surface area contributed by atoms with Gasteiger partial charge in [-0.3, -0.25) is 9.59 Å². The number of carboxylic acids is 1. The average molecular weight is 307 g/mol. The van der Waals surface area contributed by atoms with E-state index >= 15 is 0 Å². The van der Waals surface area contributed by atoms with Crippen LogP contribution in [0.4, 0.5) is 0 Å². The van der Waals surface area contributed by atoms with Gasteiger partial charge in [0.1, 0.15) is 12.4 Å². The Hall–Kier alpha value is -2.08. The van der Waals surface area contributed by atoms with Gasteiger partial charge in [0.25, 0.3) is 5.91 Å². The number of hydrogen-bond acceptors (Lipinski definition) is 4. The van der Waals surface area contributed by atoms with Crippen molar-refractivity contribution in [2.75, 3.05) is 19.8 Å². The fraction of sp³-hybridized carbons (Fsp3) is 0.500. The number of carbonyl (C=O) groups excluding carboxylic acids is 1. The van der Waals surface area contributed by atoms with Gasteiger partial charge in [-0.1, -0.05) is 6.92 Å². The molecule has 2 N–H and O–H groups in total. The van der Waals surface area contributed by atoms with E-state index in [0.29, 0.717) is 17.9 Å². The highest BCUT2D eigenvalue weighted by molar-refractivity contribution is 5.94. The van der Waals surface area contributed by atoms with Crippen LogP contribution in [0.1, 0.15) is 30.1 Å². The molecule has 1 amide bonds. The third-order valence-electron chi connectivity index (χ3n) is 3.57. The molecule has 1 heterocycles. The molecule has 1 aliphatic heterocycles. The van der Waals surface area contributed by atoms with Crippen LogP contribution in [0.2, 0.25) is 0 Å². The maximum Gasteiger partial charge on any atom is 0.308 e. The molecule has 0 spiro atoms. The van der Waals surface area contributed by atoms with E-state index in [1.54, 1.807) is 31.2 Å². The number of hydrogen-bond donors (Lipinski definition) is 2. The SMILES string of the molecule is C[C@@H](CNC(=O)c1ccc(OC[C@H]2CCCO2)cc1)C(=O)O. The van der Waals surface area contributed by atoms with Gasteiger partial charge in [-0.15, -0.1) is 0 Å². The molecule has 1 aromatic rings. The van der Waals surface area contributed by atoms with Gasteiger partial charge in [-0.05, 0) is 37.1 Å². The van der Waals surface area contributed by atoms with Crippen LogP contribution < -0.4 is 10.1 Å². The summed E-state index contributed by atoms with van der Waals surface area (Å²) in [5, 5.41) is 11.4. The van der Waals surface area contributed by atoms with Crippen LogP contribution in [0.3, 0.4) is 0 Å². The topological polar surface area (TPSA) is 84.9 Å². The molecule has 0 saturated carbocycles. The first-order valence-electron chi connectivity index (χ1n) is 7.41. The van der Waals surface area contributed by atoms with Crippen LogP contribution in [0, 0.1) is 5.92 Å². The summed E-state index contributed by atoms with van der Waals surface area (Å²) in [4.78, 5) is 22.6. The van der Waals surface area contributed by atoms with E-state index in [9.17, 15) is 9.59 Å². The molecule has 0 aromatic heterocycles. The average Bonchev–Trinajstić information content (AvgIpc) is 3.04. The van der Waals surface area contributed by atoms with Gasteiger partial charge < -0.3 is 19.9 Å². The second kappa shape index (κ2) is 7.79. The zero-order valence-electron chi connectivity index (χ0n) is 12.6. The second-order valence-corrected chi connectivity index (χ2v) is 5.42. The number of nitrogens with one attached hydrogen (secondary N) is 1. The first-order chi connectivity index (χ1) is 10.6. The molecule has 0 bridgehead atoms. The number of benzene rings is 1. The number of carboxylic acid groups (broad SMARTS) is 1. The number of carbonyl (C=O) groups is 2. The minimum Gasteiger partial charge on any atom is -0.491 e. The molecule has 1 fully saturated rings. The minimum atomic E-state index is -0.932. The van der Waals surface area contributed by atoms with E-state index in [1.807, 2.05) is 0 Å². The monoisotopic (exact) mass is 307 g/mol. The van der Waals surface area contributed by atoms with E-state index in [4.69, 9.17) is 14.6 Å². The maximum atomic E-state index is 11.9. The van der Waals surface area contributed by atoms with E-state index in [-0.39, 0.29) is 18.6 Å². The van der Waals surface area contributed by atoms with Crippen LogP contribution in [-0.4, -0.2) is 42.8 Å². The van der Waals surface area contributed by atoms with Crippen LogP contribution in [0.25, 0.3) is 0 Å². The molecular weight excluding hydrogens is 286 g/mol. The smallest absolute Gasteiger partial charge is 0.308 e. The summed E-state index contributed by atoms with van der Waals surface area (Å²) in [6.45, 7) is 2.96. The van der Waals surface area contributed by atoms with Gasteiger partial charge in [-0.25, -0.2) is 0 Å². The largest absolute Gasteiger partial charge is 0.491 e. The number of rotatable bonds is 7. The minimum absolute atomic E-state index is 0.103. The summed E-state index contributed by atoms with van der Waals surface area (Å²) >= 11 is 0. The fourth-order valence-electron chi connectivity index (χ4n) is 2.10. The lowest BCUT2D eigenvalue weighted by Gasteiger charge is -2.12. The van der Waals surface area contributed by atoms with Crippen molar-refractivity contribution in [3.63, 3.8) is 0 Å². The Balaban J connectivity index is 1.80. The summed E-state index contributed by atoms with van der Waals surface area (Å²) in [6.07, 6.45) is 2.24. The highest BCUT2D eigenvalue weighted by Gasteiger charge is 2.16. The Kier molecular flexibility index (Phi) is 5.77. The normalized spacial score (nSPS) is 18.7. The Labute approximate surface area is 129 Å². The summed E-state index contributed by atoms with van der Waals surface area (Å²) in [6, 6.07) is 6.77. The predicted molar refractivity (Wildman–Crippen MR) is 80.0 cm³/mol. The Bertz CT molecular complexity index is 508. The van der Waals surface area contributed by atoms with Crippen LogP contribution >= 0.6 is 0 Å². The van der Waals surface area contributed by atoms with Crippen LogP contribution in [0.15, 0.2) is 24.3 Å². The van der Waals surface area contributed by atoms with Gasteiger partial charge in [0.2, 0.25) is 0 Å². The zero-order chi connectivity index (χ0) is 15.9. The zero-order valence-corrected chi connectivity index (χ0v) is 12.6. The van der Waals surface area contributed by atoms with Gasteiger partial charge in [0, 0.05) is 18.7 Å². The number of amides is 1.